The van der Waals surface area contributed by atoms with Crippen molar-refractivity contribution in [2.24, 2.45) is 0 Å². The quantitative estimate of drug-likeness (QED) is 0.450. The van der Waals surface area contributed by atoms with Crippen LogP contribution in [0.3, 0.4) is 0 Å². The summed E-state index contributed by atoms with van der Waals surface area (Å²) in [5, 5.41) is 6.32. The van der Waals surface area contributed by atoms with Gasteiger partial charge in [-0.1, -0.05) is 56.3 Å². The van der Waals surface area contributed by atoms with E-state index in [1.165, 1.54) is 4.31 Å². The third-order valence-corrected chi connectivity index (χ3v) is 7.65. The Balaban J connectivity index is 1.57. The number of carbonyl (C=O) groups excluding carboxylic acids is 1. The van der Waals surface area contributed by atoms with Crippen LogP contribution in [0.4, 0.5) is 5.69 Å². The first-order valence-electron chi connectivity index (χ1n) is 11.1. The smallest absolute Gasteiger partial charge is 0.255 e. The maximum absolute atomic E-state index is 12.6. The molecule has 0 heterocycles. The van der Waals surface area contributed by atoms with Crippen molar-refractivity contribution < 1.29 is 13.2 Å². The third-order valence-electron chi connectivity index (χ3n) is 5.58. The van der Waals surface area contributed by atoms with Gasteiger partial charge in [0, 0.05) is 36.9 Å². The molecule has 0 aromatic heterocycles. The zero-order valence-corrected chi connectivity index (χ0v) is 20.1. The third kappa shape index (κ3) is 6.28. The van der Waals surface area contributed by atoms with Crippen LogP contribution in [-0.4, -0.2) is 31.7 Å². The molecule has 0 bridgehead atoms. The molecule has 174 valence electrons. The maximum atomic E-state index is 12.6. The Bertz CT molecular complexity index is 1140. The van der Waals surface area contributed by atoms with E-state index >= 15 is 0 Å². The summed E-state index contributed by atoms with van der Waals surface area (Å²) in [7, 11) is -3.45. The average molecular weight is 466 g/mol. The van der Waals surface area contributed by atoms with Gasteiger partial charge in [0.25, 0.3) is 5.91 Å². The van der Waals surface area contributed by atoms with E-state index in [0.29, 0.717) is 30.1 Å². The SMILES string of the molecule is CCN(CC)S(=O)(=O)c1ccc([C@@H](C)NCc2ccc(C(=O)Nc3ccccc3)cc2)cc1. The molecule has 0 aliphatic rings. The second kappa shape index (κ2) is 11.2. The van der Waals surface area contributed by atoms with Crippen molar-refractivity contribution in [2.45, 2.75) is 38.3 Å². The first kappa shape index (κ1) is 24.6. The van der Waals surface area contributed by atoms with Crippen molar-refractivity contribution in [2.75, 3.05) is 18.4 Å². The van der Waals surface area contributed by atoms with Crippen LogP contribution in [0.1, 0.15) is 48.3 Å². The summed E-state index contributed by atoms with van der Waals surface area (Å²) >= 11 is 0. The number of nitrogens with zero attached hydrogens (tertiary/aromatic N) is 1. The van der Waals surface area contributed by atoms with Crippen molar-refractivity contribution >= 4 is 21.6 Å². The van der Waals surface area contributed by atoms with E-state index in [-0.39, 0.29) is 11.9 Å². The van der Waals surface area contributed by atoms with Gasteiger partial charge in [-0.2, -0.15) is 4.31 Å². The number of carbonyl (C=O) groups is 1. The van der Waals surface area contributed by atoms with Crippen molar-refractivity contribution in [3.63, 3.8) is 0 Å². The van der Waals surface area contributed by atoms with E-state index in [1.54, 1.807) is 12.1 Å². The molecule has 3 aromatic rings. The molecule has 0 unspecified atom stereocenters. The van der Waals surface area contributed by atoms with E-state index in [1.807, 2.05) is 87.5 Å². The highest BCUT2D eigenvalue weighted by Crippen LogP contribution is 2.20. The zero-order valence-electron chi connectivity index (χ0n) is 19.3. The van der Waals surface area contributed by atoms with Crippen LogP contribution < -0.4 is 10.6 Å². The van der Waals surface area contributed by atoms with Gasteiger partial charge in [0.2, 0.25) is 10.0 Å². The Hall–Kier alpha value is -3.00. The summed E-state index contributed by atoms with van der Waals surface area (Å²) in [6, 6.07) is 23.9. The highest BCUT2D eigenvalue weighted by Gasteiger charge is 2.21. The number of benzene rings is 3. The van der Waals surface area contributed by atoms with Crippen molar-refractivity contribution in [3.05, 3.63) is 95.6 Å². The Labute approximate surface area is 196 Å². The van der Waals surface area contributed by atoms with E-state index in [4.69, 9.17) is 0 Å². The van der Waals surface area contributed by atoms with E-state index in [0.717, 1.165) is 16.8 Å². The van der Waals surface area contributed by atoms with Crippen LogP contribution in [-0.2, 0) is 16.6 Å². The molecule has 0 spiro atoms. The molecule has 0 aliphatic carbocycles. The number of sulfonamides is 1. The average Bonchev–Trinajstić information content (AvgIpc) is 2.84. The predicted molar refractivity (Wildman–Crippen MR) is 133 cm³/mol. The van der Waals surface area contributed by atoms with E-state index in [2.05, 4.69) is 10.6 Å². The van der Waals surface area contributed by atoms with Gasteiger partial charge in [-0.15, -0.1) is 0 Å². The fourth-order valence-corrected chi connectivity index (χ4v) is 4.99. The monoisotopic (exact) mass is 465 g/mol. The molecule has 0 radical (unpaired) electrons. The number of hydrogen-bond donors (Lipinski definition) is 2. The second-order valence-corrected chi connectivity index (χ2v) is 9.72. The second-order valence-electron chi connectivity index (χ2n) is 7.78. The summed E-state index contributed by atoms with van der Waals surface area (Å²) in [5.74, 6) is -0.145. The van der Waals surface area contributed by atoms with Gasteiger partial charge in [0.15, 0.2) is 0 Å². The number of anilines is 1. The Morgan fingerprint density at radius 1 is 0.879 bits per heavy atom. The van der Waals surface area contributed by atoms with Crippen molar-refractivity contribution in [3.8, 4) is 0 Å². The van der Waals surface area contributed by atoms with Gasteiger partial charge in [0.1, 0.15) is 0 Å². The molecule has 6 nitrogen and oxygen atoms in total. The minimum Gasteiger partial charge on any atom is -0.322 e. The molecule has 3 rings (SSSR count). The number of para-hydroxylation sites is 1. The molecule has 7 heteroatoms. The molecule has 0 saturated heterocycles. The fourth-order valence-electron chi connectivity index (χ4n) is 3.53. The van der Waals surface area contributed by atoms with Gasteiger partial charge in [-0.25, -0.2) is 8.42 Å². The lowest BCUT2D eigenvalue weighted by Gasteiger charge is -2.19. The lowest BCUT2D eigenvalue weighted by atomic mass is 10.1. The van der Waals surface area contributed by atoms with Crippen molar-refractivity contribution in [1.82, 2.24) is 9.62 Å². The van der Waals surface area contributed by atoms with Crippen molar-refractivity contribution in [1.29, 1.82) is 0 Å². The van der Waals surface area contributed by atoms with Gasteiger partial charge in [-0.3, -0.25) is 4.79 Å². The first-order chi connectivity index (χ1) is 15.8. The lowest BCUT2D eigenvalue weighted by Crippen LogP contribution is -2.30. The fraction of sp³-hybridized carbons (Fsp3) is 0.269. The Kier molecular flexibility index (Phi) is 8.38. The molecule has 1 atom stereocenters. The minimum absolute atomic E-state index is 0.0382. The Morgan fingerprint density at radius 3 is 2.06 bits per heavy atom. The molecule has 0 saturated carbocycles. The topological polar surface area (TPSA) is 78.5 Å². The molecule has 1 amide bonds. The first-order valence-corrected chi connectivity index (χ1v) is 12.6. The largest absolute Gasteiger partial charge is 0.322 e. The van der Waals surface area contributed by atoms with Crippen LogP contribution in [0.15, 0.2) is 83.8 Å². The number of hydrogen-bond acceptors (Lipinski definition) is 4. The summed E-state index contributed by atoms with van der Waals surface area (Å²) in [5.41, 5.74) is 3.42. The lowest BCUT2D eigenvalue weighted by molar-refractivity contribution is 0.102. The van der Waals surface area contributed by atoms with Crippen LogP contribution in [0.2, 0.25) is 0 Å². The maximum Gasteiger partial charge on any atom is 0.255 e. The number of amides is 1. The molecule has 33 heavy (non-hydrogen) atoms. The highest BCUT2D eigenvalue weighted by atomic mass is 32.2. The normalized spacial score (nSPS) is 12.5. The summed E-state index contributed by atoms with van der Waals surface area (Å²) in [6.07, 6.45) is 0. The number of nitrogens with one attached hydrogen (secondary N) is 2. The summed E-state index contributed by atoms with van der Waals surface area (Å²) < 4.78 is 26.7. The number of rotatable bonds is 10. The molecule has 0 fully saturated rings. The van der Waals surface area contributed by atoms with Crippen LogP contribution in [0.25, 0.3) is 0 Å². The Morgan fingerprint density at radius 2 is 1.48 bits per heavy atom. The van der Waals surface area contributed by atoms with Crippen LogP contribution in [0, 0.1) is 0 Å². The summed E-state index contributed by atoms with van der Waals surface area (Å²) in [6.45, 7) is 7.24. The highest BCUT2D eigenvalue weighted by molar-refractivity contribution is 7.89. The molecule has 2 N–H and O–H groups in total. The molecule has 3 aromatic carbocycles. The standard InChI is InChI=1S/C26H31N3O3S/c1-4-29(5-2)33(31,32)25-17-15-22(16-18-25)20(3)27-19-21-11-13-23(14-12-21)26(30)28-24-9-7-6-8-10-24/h6-18,20,27H,4-5,19H2,1-3H3,(H,28,30)/t20-/m1/s1. The van der Waals surface area contributed by atoms with Crippen LogP contribution >= 0.6 is 0 Å². The molecule has 0 aliphatic heterocycles. The van der Waals surface area contributed by atoms with Crippen LogP contribution in [0.5, 0.6) is 0 Å². The molecular formula is C26H31N3O3S. The zero-order chi connectivity index (χ0) is 23.8. The summed E-state index contributed by atoms with van der Waals surface area (Å²) in [4.78, 5) is 12.7. The van der Waals surface area contributed by atoms with E-state index in [9.17, 15) is 13.2 Å². The van der Waals surface area contributed by atoms with Gasteiger partial charge < -0.3 is 10.6 Å². The molecular weight excluding hydrogens is 434 g/mol. The van der Waals surface area contributed by atoms with Gasteiger partial charge in [-0.05, 0) is 54.4 Å². The van der Waals surface area contributed by atoms with E-state index < -0.39 is 10.0 Å². The predicted octanol–water partition coefficient (Wildman–Crippen LogP) is 4.82. The van der Waals surface area contributed by atoms with Gasteiger partial charge >= 0.3 is 0 Å². The minimum atomic E-state index is -3.45. The van der Waals surface area contributed by atoms with Gasteiger partial charge in [0.05, 0.1) is 4.90 Å².